The molecule has 49 heavy (non-hydrogen) atoms. The first kappa shape index (κ1) is 54.3. The van der Waals surface area contributed by atoms with Gasteiger partial charge in [0.05, 0.1) is 0 Å². The number of carboxylic acid groups (broad SMARTS) is 3. The van der Waals surface area contributed by atoms with Gasteiger partial charge >= 0.3 is 25.8 Å². The molecule has 0 saturated heterocycles. The molecule has 0 bridgehead atoms. The molecular formula is C42H75O6Sc. The maximum Gasteiger partial charge on any atom is 3.00 e. The summed E-state index contributed by atoms with van der Waals surface area (Å²) in [5.74, 6) is -2.75. The molecule has 0 aromatic rings. The minimum atomic E-state index is -0.918. The van der Waals surface area contributed by atoms with Crippen LogP contribution in [0, 0.1) is 0 Å². The second kappa shape index (κ2) is 50.9. The average Bonchev–Trinajstić information content (AvgIpc) is 3.05. The van der Waals surface area contributed by atoms with Gasteiger partial charge in [-0.2, -0.15) is 0 Å². The topological polar surface area (TPSA) is 120 Å². The standard InChI is InChI=1S/3C14H26O2.Sc/c3*1-2-3-4-5-6-7-8-9-10-11-12-13-14(15)16;/h3*5-6H,2-4,7-13H2,1H3,(H,15,16);/q;;;+3/p-3/b3*6-5-;. The van der Waals surface area contributed by atoms with Crippen LogP contribution in [0.25, 0.3) is 0 Å². The zero-order valence-corrected chi connectivity index (χ0v) is 34.0. The molecule has 0 amide bonds. The monoisotopic (exact) mass is 721 g/mol. The number of allylic oxidation sites excluding steroid dienone is 6. The van der Waals surface area contributed by atoms with E-state index in [0.29, 0.717) is 0 Å². The molecule has 0 heterocycles. The molecule has 0 radical (unpaired) electrons. The van der Waals surface area contributed by atoms with Gasteiger partial charge in [0.1, 0.15) is 0 Å². The van der Waals surface area contributed by atoms with Gasteiger partial charge in [0.25, 0.3) is 0 Å². The summed E-state index contributed by atoms with van der Waals surface area (Å²) in [6, 6.07) is 0. The molecule has 0 aromatic carbocycles. The van der Waals surface area contributed by atoms with E-state index in [9.17, 15) is 29.7 Å². The Morgan fingerprint density at radius 1 is 0.327 bits per heavy atom. The number of carbonyl (C=O) groups excluding carboxylic acids is 3. The summed E-state index contributed by atoms with van der Waals surface area (Å²) in [5.41, 5.74) is 0. The predicted octanol–water partition coefficient (Wildman–Crippen LogP) is 9.64. The van der Waals surface area contributed by atoms with Crippen molar-refractivity contribution in [2.24, 2.45) is 0 Å². The molecule has 7 heteroatoms. The van der Waals surface area contributed by atoms with Crippen LogP contribution >= 0.6 is 0 Å². The van der Waals surface area contributed by atoms with Gasteiger partial charge in [-0.15, -0.1) is 0 Å². The van der Waals surface area contributed by atoms with Gasteiger partial charge < -0.3 is 29.7 Å². The molecule has 0 aliphatic heterocycles. The Balaban J connectivity index is -0.000000307. The van der Waals surface area contributed by atoms with Crippen LogP contribution in [0.15, 0.2) is 36.5 Å². The summed E-state index contributed by atoms with van der Waals surface area (Å²) in [6.45, 7) is 6.63. The molecule has 0 atom stereocenters. The largest absolute Gasteiger partial charge is 3.00 e. The van der Waals surface area contributed by atoms with Crippen LogP contribution in [0.5, 0.6) is 0 Å². The van der Waals surface area contributed by atoms with E-state index in [4.69, 9.17) is 0 Å². The first-order valence-electron chi connectivity index (χ1n) is 19.9. The summed E-state index contributed by atoms with van der Waals surface area (Å²) in [4.78, 5) is 30.4. The molecular weight excluding hydrogens is 645 g/mol. The zero-order valence-electron chi connectivity index (χ0n) is 32.2. The van der Waals surface area contributed by atoms with E-state index in [-0.39, 0.29) is 45.1 Å². The van der Waals surface area contributed by atoms with E-state index >= 15 is 0 Å². The molecule has 0 rings (SSSR count). The van der Waals surface area contributed by atoms with Crippen LogP contribution < -0.4 is 15.3 Å². The molecule has 0 aliphatic carbocycles. The fourth-order valence-electron chi connectivity index (χ4n) is 4.86. The normalized spacial score (nSPS) is 10.8. The molecule has 6 nitrogen and oxygen atoms in total. The maximum atomic E-state index is 10.1. The van der Waals surface area contributed by atoms with E-state index in [1.807, 2.05) is 0 Å². The van der Waals surface area contributed by atoms with Crippen molar-refractivity contribution in [1.82, 2.24) is 0 Å². The van der Waals surface area contributed by atoms with Crippen molar-refractivity contribution in [3.63, 3.8) is 0 Å². The van der Waals surface area contributed by atoms with Crippen molar-refractivity contribution in [3.05, 3.63) is 36.5 Å². The fourth-order valence-corrected chi connectivity index (χ4v) is 4.86. The van der Waals surface area contributed by atoms with Gasteiger partial charge in [-0.05, 0) is 96.3 Å². The Morgan fingerprint density at radius 3 is 0.714 bits per heavy atom. The van der Waals surface area contributed by atoms with E-state index in [1.165, 1.54) is 116 Å². The maximum absolute atomic E-state index is 10.1. The van der Waals surface area contributed by atoms with E-state index < -0.39 is 17.9 Å². The number of hydrogen-bond donors (Lipinski definition) is 0. The molecule has 0 aliphatic rings. The quantitative estimate of drug-likeness (QED) is 0.0492. The summed E-state index contributed by atoms with van der Waals surface area (Å²) in [7, 11) is 0. The van der Waals surface area contributed by atoms with Gasteiger partial charge in [-0.3, -0.25) is 0 Å². The van der Waals surface area contributed by atoms with Gasteiger partial charge in [-0.1, -0.05) is 154 Å². The summed E-state index contributed by atoms with van der Waals surface area (Å²) in [6.07, 6.45) is 45.3. The molecule has 0 fully saturated rings. The molecule has 0 aromatic heterocycles. The van der Waals surface area contributed by atoms with Crippen molar-refractivity contribution in [3.8, 4) is 0 Å². The van der Waals surface area contributed by atoms with E-state index in [0.717, 1.165) is 57.8 Å². The van der Waals surface area contributed by atoms with Crippen molar-refractivity contribution >= 4 is 17.9 Å². The van der Waals surface area contributed by atoms with Gasteiger partial charge in [0.2, 0.25) is 0 Å². The predicted molar refractivity (Wildman–Crippen MR) is 198 cm³/mol. The van der Waals surface area contributed by atoms with Crippen molar-refractivity contribution in [1.29, 1.82) is 0 Å². The molecule has 0 N–H and O–H groups in total. The minimum absolute atomic E-state index is 0. The average molecular weight is 721 g/mol. The number of rotatable bonds is 33. The Morgan fingerprint density at radius 2 is 0.510 bits per heavy atom. The molecule has 0 unspecified atom stereocenters. The third-order valence-electron chi connectivity index (χ3n) is 7.93. The first-order chi connectivity index (χ1) is 23.3. The van der Waals surface area contributed by atoms with Gasteiger partial charge in [0.15, 0.2) is 0 Å². The van der Waals surface area contributed by atoms with Crippen molar-refractivity contribution < 1.29 is 55.5 Å². The Labute approximate surface area is 321 Å². The third-order valence-corrected chi connectivity index (χ3v) is 7.93. The Bertz CT molecular complexity index is 662. The van der Waals surface area contributed by atoms with Crippen LogP contribution in [0.3, 0.4) is 0 Å². The molecule has 0 spiro atoms. The van der Waals surface area contributed by atoms with Gasteiger partial charge in [0, 0.05) is 17.9 Å². The van der Waals surface area contributed by atoms with Crippen molar-refractivity contribution in [2.45, 2.75) is 213 Å². The number of carboxylic acids is 3. The molecule has 282 valence electrons. The molecule has 0 saturated carbocycles. The number of carbonyl (C=O) groups is 3. The second-order valence-electron chi connectivity index (χ2n) is 12.9. The Hall–Kier alpha value is -1.50. The van der Waals surface area contributed by atoms with Crippen LogP contribution in [-0.4, -0.2) is 17.9 Å². The van der Waals surface area contributed by atoms with Crippen molar-refractivity contribution in [2.75, 3.05) is 0 Å². The minimum Gasteiger partial charge on any atom is -0.550 e. The number of hydrogen-bond acceptors (Lipinski definition) is 6. The van der Waals surface area contributed by atoms with E-state index in [2.05, 4.69) is 57.2 Å². The summed E-state index contributed by atoms with van der Waals surface area (Å²) in [5, 5.41) is 30.4. The Kier molecular flexibility index (Phi) is 56.4. The van der Waals surface area contributed by atoms with Crippen LogP contribution in [-0.2, 0) is 40.2 Å². The second-order valence-corrected chi connectivity index (χ2v) is 12.9. The van der Waals surface area contributed by atoms with Crippen LogP contribution in [0.1, 0.15) is 213 Å². The van der Waals surface area contributed by atoms with Gasteiger partial charge in [-0.25, -0.2) is 0 Å². The SMILES string of the molecule is CCCC/C=C\CCCCCCCC(=O)[O-].CCCC/C=C\CCCCCCCC(=O)[O-].CCCC/C=C\CCCCCCCC(=O)[O-].[Sc+3]. The summed E-state index contributed by atoms with van der Waals surface area (Å²) < 4.78 is 0. The number of aliphatic carboxylic acids is 3. The smallest absolute Gasteiger partial charge is 0.550 e. The number of unbranched alkanes of at least 4 members (excludes halogenated alkanes) is 21. The van der Waals surface area contributed by atoms with Crippen LogP contribution in [0.2, 0.25) is 0 Å². The third kappa shape index (κ3) is 65.5. The zero-order chi connectivity index (χ0) is 36.2. The van der Waals surface area contributed by atoms with Crippen LogP contribution in [0.4, 0.5) is 0 Å². The fraction of sp³-hybridized carbons (Fsp3) is 0.786. The summed E-state index contributed by atoms with van der Waals surface area (Å²) >= 11 is 0. The van der Waals surface area contributed by atoms with E-state index in [1.54, 1.807) is 0 Å². The first-order valence-corrected chi connectivity index (χ1v) is 19.9.